The fourth-order valence-electron chi connectivity index (χ4n) is 1.59. The predicted octanol–water partition coefficient (Wildman–Crippen LogP) is 2.02. The summed E-state index contributed by atoms with van der Waals surface area (Å²) in [5.74, 6) is 1.23. The molecule has 1 aromatic rings. The van der Waals surface area contributed by atoms with Crippen molar-refractivity contribution < 1.29 is 4.79 Å². The zero-order chi connectivity index (χ0) is 11.4. The summed E-state index contributed by atoms with van der Waals surface area (Å²) >= 11 is 0. The fraction of sp³-hybridized carbons (Fsp3) is 0.727. The van der Waals surface area contributed by atoms with Gasteiger partial charge in [-0.3, -0.25) is 4.79 Å². The van der Waals surface area contributed by atoms with Gasteiger partial charge in [0.15, 0.2) is 0 Å². The van der Waals surface area contributed by atoms with Gasteiger partial charge in [0.25, 0.3) is 0 Å². The Balaban J connectivity index is 2.72. The lowest BCUT2D eigenvalue weighted by Crippen LogP contribution is -2.17. The molecule has 84 valence electrons. The average molecular weight is 209 g/mol. The van der Waals surface area contributed by atoms with Crippen molar-refractivity contribution in [2.45, 2.75) is 46.6 Å². The van der Waals surface area contributed by atoms with Gasteiger partial charge in [-0.2, -0.15) is 5.10 Å². The highest BCUT2D eigenvalue weighted by molar-refractivity contribution is 5.80. The molecule has 0 saturated carbocycles. The second-order valence-electron chi connectivity index (χ2n) is 4.14. The van der Waals surface area contributed by atoms with Gasteiger partial charge in [0, 0.05) is 24.8 Å². The molecule has 0 bridgehead atoms. The van der Waals surface area contributed by atoms with Crippen molar-refractivity contribution in [1.82, 2.24) is 14.8 Å². The first-order valence-electron chi connectivity index (χ1n) is 5.47. The van der Waals surface area contributed by atoms with Gasteiger partial charge < -0.3 is 0 Å². The molecular formula is C11H19N3O. The van der Waals surface area contributed by atoms with Crippen LogP contribution in [0.1, 0.15) is 46.0 Å². The maximum absolute atomic E-state index is 11.5. The van der Waals surface area contributed by atoms with Crippen LogP contribution in [0.2, 0.25) is 0 Å². The van der Waals surface area contributed by atoms with E-state index < -0.39 is 0 Å². The second kappa shape index (κ2) is 5.05. The molecule has 0 fully saturated rings. The van der Waals surface area contributed by atoms with Gasteiger partial charge >= 0.3 is 0 Å². The highest BCUT2D eigenvalue weighted by Crippen LogP contribution is 2.12. The number of carbonyl (C=O) groups excluding carboxylic acids is 1. The van der Waals surface area contributed by atoms with Crippen molar-refractivity contribution in [1.29, 1.82) is 0 Å². The molecule has 0 saturated heterocycles. The second-order valence-corrected chi connectivity index (χ2v) is 4.14. The molecule has 1 unspecified atom stereocenters. The minimum atomic E-state index is 0.0386. The smallest absolute Gasteiger partial charge is 0.138 e. The lowest BCUT2D eigenvalue weighted by Gasteiger charge is -2.12. The Kier molecular flexibility index (Phi) is 4.00. The molecule has 0 amide bonds. The largest absolute Gasteiger partial charge is 0.299 e. The average Bonchev–Trinajstić information content (AvgIpc) is 2.64. The summed E-state index contributed by atoms with van der Waals surface area (Å²) in [6.45, 7) is 7.96. The van der Waals surface area contributed by atoms with Crippen molar-refractivity contribution in [2.75, 3.05) is 0 Å². The van der Waals surface area contributed by atoms with Gasteiger partial charge in [-0.05, 0) is 13.8 Å². The number of rotatable bonds is 5. The van der Waals surface area contributed by atoms with Gasteiger partial charge in [0.2, 0.25) is 0 Å². The van der Waals surface area contributed by atoms with Gasteiger partial charge in [0.1, 0.15) is 17.9 Å². The summed E-state index contributed by atoms with van der Waals surface area (Å²) in [4.78, 5) is 15.7. The number of hydrogen-bond donors (Lipinski definition) is 0. The molecule has 4 heteroatoms. The van der Waals surface area contributed by atoms with Crippen LogP contribution in [-0.4, -0.2) is 20.5 Å². The predicted molar refractivity (Wildman–Crippen MR) is 58.6 cm³/mol. The molecular weight excluding hydrogens is 190 g/mol. The number of carbonyl (C=O) groups is 1. The molecule has 0 N–H and O–H groups in total. The Morgan fingerprint density at radius 1 is 1.47 bits per heavy atom. The van der Waals surface area contributed by atoms with Crippen LogP contribution >= 0.6 is 0 Å². The van der Waals surface area contributed by atoms with E-state index in [1.165, 1.54) is 0 Å². The van der Waals surface area contributed by atoms with Crippen LogP contribution in [0.25, 0.3) is 0 Å². The van der Waals surface area contributed by atoms with Crippen LogP contribution in [0.4, 0.5) is 0 Å². The third-order valence-corrected chi connectivity index (χ3v) is 2.52. The minimum absolute atomic E-state index is 0.0386. The van der Waals surface area contributed by atoms with Crippen LogP contribution in [-0.2, 0) is 11.2 Å². The summed E-state index contributed by atoms with van der Waals surface area (Å²) in [6.07, 6.45) is 2.83. The van der Waals surface area contributed by atoms with Gasteiger partial charge in [-0.1, -0.05) is 13.8 Å². The fourth-order valence-corrected chi connectivity index (χ4v) is 1.59. The summed E-state index contributed by atoms with van der Waals surface area (Å²) in [7, 11) is 0. The Labute approximate surface area is 90.7 Å². The van der Waals surface area contributed by atoms with Crippen LogP contribution in [0.5, 0.6) is 0 Å². The van der Waals surface area contributed by atoms with Crippen LogP contribution < -0.4 is 0 Å². The van der Waals surface area contributed by atoms with Gasteiger partial charge in [-0.25, -0.2) is 9.67 Å². The van der Waals surface area contributed by atoms with E-state index in [9.17, 15) is 4.79 Å². The van der Waals surface area contributed by atoms with Crippen molar-refractivity contribution in [2.24, 2.45) is 5.92 Å². The van der Waals surface area contributed by atoms with Crippen LogP contribution in [0.15, 0.2) is 6.33 Å². The standard InChI is InChI=1S/C11H19N3O/c1-5-10(15)9(4)6-11-12-7-13-14(11)8(2)3/h7-9H,5-6H2,1-4H3. The Hall–Kier alpha value is -1.19. The van der Waals surface area contributed by atoms with E-state index in [-0.39, 0.29) is 11.7 Å². The highest BCUT2D eigenvalue weighted by Gasteiger charge is 2.16. The molecule has 1 atom stereocenters. The monoisotopic (exact) mass is 209 g/mol. The van der Waals surface area contributed by atoms with Gasteiger partial charge in [0.05, 0.1) is 0 Å². The van der Waals surface area contributed by atoms with Crippen molar-refractivity contribution in [3.05, 3.63) is 12.2 Å². The van der Waals surface area contributed by atoms with Crippen molar-refractivity contribution >= 4 is 5.78 Å². The zero-order valence-electron chi connectivity index (χ0n) is 9.90. The molecule has 0 spiro atoms. The van der Waals surface area contributed by atoms with Gasteiger partial charge in [-0.15, -0.1) is 0 Å². The molecule has 1 heterocycles. The quantitative estimate of drug-likeness (QED) is 0.745. The molecule has 15 heavy (non-hydrogen) atoms. The molecule has 4 nitrogen and oxygen atoms in total. The third kappa shape index (κ3) is 2.88. The topological polar surface area (TPSA) is 47.8 Å². The van der Waals surface area contributed by atoms with E-state index in [2.05, 4.69) is 23.9 Å². The molecule has 0 aromatic carbocycles. The van der Waals surface area contributed by atoms with Crippen LogP contribution in [0.3, 0.4) is 0 Å². The van der Waals surface area contributed by atoms with E-state index in [4.69, 9.17) is 0 Å². The number of ketones is 1. The first-order valence-corrected chi connectivity index (χ1v) is 5.47. The number of nitrogens with zero attached hydrogens (tertiary/aromatic N) is 3. The number of hydrogen-bond acceptors (Lipinski definition) is 3. The Bertz CT molecular complexity index is 330. The first kappa shape index (κ1) is 11.9. The van der Waals surface area contributed by atoms with Crippen molar-refractivity contribution in [3.8, 4) is 0 Å². The Morgan fingerprint density at radius 3 is 2.67 bits per heavy atom. The SMILES string of the molecule is CCC(=O)C(C)Cc1ncnn1C(C)C. The molecule has 0 aliphatic carbocycles. The van der Waals surface area contributed by atoms with E-state index in [0.717, 1.165) is 5.82 Å². The minimum Gasteiger partial charge on any atom is -0.299 e. The van der Waals surface area contributed by atoms with E-state index in [1.54, 1.807) is 6.33 Å². The molecule has 1 aromatic heterocycles. The molecule has 1 rings (SSSR count). The molecule has 0 aliphatic rings. The number of aromatic nitrogens is 3. The number of Topliss-reactive ketones (excluding diaryl/α,β-unsaturated/α-hetero) is 1. The van der Waals surface area contributed by atoms with Crippen LogP contribution in [0, 0.1) is 5.92 Å². The lowest BCUT2D eigenvalue weighted by atomic mass is 10.0. The third-order valence-electron chi connectivity index (χ3n) is 2.52. The maximum Gasteiger partial charge on any atom is 0.138 e. The maximum atomic E-state index is 11.5. The highest BCUT2D eigenvalue weighted by atomic mass is 16.1. The molecule has 0 radical (unpaired) electrons. The van der Waals surface area contributed by atoms with E-state index >= 15 is 0 Å². The first-order chi connectivity index (χ1) is 7.06. The van der Waals surface area contributed by atoms with Crippen molar-refractivity contribution in [3.63, 3.8) is 0 Å². The lowest BCUT2D eigenvalue weighted by molar-refractivity contribution is -0.122. The summed E-state index contributed by atoms with van der Waals surface area (Å²) in [5, 5.41) is 4.15. The van der Waals surface area contributed by atoms with E-state index in [1.807, 2.05) is 18.5 Å². The normalized spacial score (nSPS) is 13.1. The van der Waals surface area contributed by atoms with E-state index in [0.29, 0.717) is 18.9 Å². The summed E-state index contributed by atoms with van der Waals surface area (Å²) < 4.78 is 1.87. The zero-order valence-corrected chi connectivity index (χ0v) is 9.90. The summed E-state index contributed by atoms with van der Waals surface area (Å²) in [6, 6.07) is 0.298. The Morgan fingerprint density at radius 2 is 2.13 bits per heavy atom. The summed E-state index contributed by atoms with van der Waals surface area (Å²) in [5.41, 5.74) is 0. The molecule has 0 aliphatic heterocycles.